The first-order chi connectivity index (χ1) is 8.91. The Morgan fingerprint density at radius 3 is 1.33 bits per heavy atom. The number of nitrogens with one attached hydrogen (secondary N) is 2. The van der Waals surface area contributed by atoms with Crippen LogP contribution in [-0.2, 0) is 0 Å². The summed E-state index contributed by atoms with van der Waals surface area (Å²) in [6.45, 7) is 1.83. The molecule has 0 heterocycles. The van der Waals surface area contributed by atoms with E-state index in [2.05, 4.69) is 11.0 Å². The molecule has 0 saturated heterocycles. The van der Waals surface area contributed by atoms with Gasteiger partial charge in [-0.2, -0.15) is 5.53 Å². The van der Waals surface area contributed by atoms with Crippen LogP contribution in [0.2, 0.25) is 0 Å². The second kappa shape index (κ2) is 16.8. The van der Waals surface area contributed by atoms with Gasteiger partial charge in [-0.3, -0.25) is 5.84 Å². The van der Waals surface area contributed by atoms with Gasteiger partial charge in [0.15, 0.2) is 0 Å². The van der Waals surface area contributed by atoms with E-state index in [4.69, 9.17) is 11.6 Å². The smallest absolute Gasteiger partial charge is 0.0113 e. The first-order valence-electron chi connectivity index (χ1n) is 7.80. The maximum atomic E-state index is 5.46. The average Bonchev–Trinajstić information content (AvgIpc) is 2.39. The highest BCUT2D eigenvalue weighted by molar-refractivity contribution is 4.49. The molecule has 0 atom stereocenters. The lowest BCUT2D eigenvalue weighted by atomic mass is 10.1. The van der Waals surface area contributed by atoms with Crippen LogP contribution >= 0.6 is 0 Å². The predicted octanol–water partition coefficient (Wildman–Crippen LogP) is 2.59. The molecule has 0 radical (unpaired) electrons. The van der Waals surface area contributed by atoms with Crippen LogP contribution in [0, 0.1) is 0 Å². The van der Waals surface area contributed by atoms with E-state index < -0.39 is 0 Å². The Morgan fingerprint density at radius 2 is 0.944 bits per heavy atom. The Kier molecular flexibility index (Phi) is 16.7. The van der Waals surface area contributed by atoms with Crippen LogP contribution in [0.15, 0.2) is 0 Å². The Hall–Kier alpha value is -0.160. The van der Waals surface area contributed by atoms with Crippen molar-refractivity contribution in [1.29, 1.82) is 0 Å². The topological polar surface area (TPSA) is 76.1 Å². The third-order valence-electron chi connectivity index (χ3n) is 3.36. The van der Waals surface area contributed by atoms with Gasteiger partial charge in [-0.05, 0) is 19.4 Å². The number of nitrogens with two attached hydrogens (primary N) is 2. The number of hydrogen-bond donors (Lipinski definition) is 4. The standard InChI is InChI=1S/C14H34N4/c15-13-11-9-7-5-3-1-2-4-6-8-10-12-14-17-18-16/h17-18H,1-16H2. The van der Waals surface area contributed by atoms with Crippen molar-refractivity contribution in [2.24, 2.45) is 11.6 Å². The van der Waals surface area contributed by atoms with Crippen LogP contribution in [-0.4, -0.2) is 13.1 Å². The first kappa shape index (κ1) is 17.8. The Bertz CT molecular complexity index is 126. The van der Waals surface area contributed by atoms with Gasteiger partial charge < -0.3 is 5.73 Å². The maximum absolute atomic E-state index is 5.46. The summed E-state index contributed by atoms with van der Waals surface area (Å²) in [6.07, 6.45) is 16.2. The van der Waals surface area contributed by atoms with Gasteiger partial charge in [-0.15, -0.1) is 0 Å². The lowest BCUT2D eigenvalue weighted by molar-refractivity contribution is 0.505. The maximum Gasteiger partial charge on any atom is 0.0113 e. The minimum absolute atomic E-state index is 0.858. The van der Waals surface area contributed by atoms with E-state index in [9.17, 15) is 0 Å². The molecule has 0 amide bonds. The van der Waals surface area contributed by atoms with Crippen LogP contribution < -0.4 is 22.5 Å². The molecule has 0 aliphatic heterocycles. The SMILES string of the molecule is NCCCCCCCCCCCCCCNNN. The van der Waals surface area contributed by atoms with Crippen molar-refractivity contribution < 1.29 is 0 Å². The van der Waals surface area contributed by atoms with E-state index in [0.717, 1.165) is 13.1 Å². The van der Waals surface area contributed by atoms with E-state index in [1.165, 1.54) is 77.0 Å². The molecule has 0 aromatic carbocycles. The molecule has 6 N–H and O–H groups in total. The highest BCUT2D eigenvalue weighted by Gasteiger charge is 1.93. The Labute approximate surface area is 113 Å². The fourth-order valence-corrected chi connectivity index (χ4v) is 2.20. The highest BCUT2D eigenvalue weighted by Crippen LogP contribution is 2.11. The van der Waals surface area contributed by atoms with Crippen molar-refractivity contribution in [3.63, 3.8) is 0 Å². The number of unbranched alkanes of at least 4 members (excludes halogenated alkanes) is 11. The van der Waals surface area contributed by atoms with Gasteiger partial charge in [0.2, 0.25) is 0 Å². The van der Waals surface area contributed by atoms with Crippen molar-refractivity contribution in [3.8, 4) is 0 Å². The molecule has 4 nitrogen and oxygen atoms in total. The third kappa shape index (κ3) is 15.8. The zero-order chi connectivity index (χ0) is 13.3. The molecular weight excluding hydrogens is 224 g/mol. The molecule has 0 bridgehead atoms. The van der Waals surface area contributed by atoms with Gasteiger partial charge in [0.05, 0.1) is 0 Å². The summed E-state index contributed by atoms with van der Waals surface area (Å²) in [5.74, 6) is 5.11. The van der Waals surface area contributed by atoms with Crippen LogP contribution in [0.4, 0.5) is 0 Å². The van der Waals surface area contributed by atoms with Gasteiger partial charge in [0, 0.05) is 6.54 Å². The van der Waals surface area contributed by atoms with Crippen molar-refractivity contribution >= 4 is 0 Å². The van der Waals surface area contributed by atoms with Gasteiger partial charge in [0.25, 0.3) is 0 Å². The molecule has 0 fully saturated rings. The van der Waals surface area contributed by atoms with E-state index in [1.807, 2.05) is 0 Å². The summed E-state index contributed by atoms with van der Waals surface area (Å²) in [6, 6.07) is 0. The normalized spacial score (nSPS) is 11.0. The number of rotatable bonds is 15. The number of hydrazine groups is 2. The van der Waals surface area contributed by atoms with Crippen LogP contribution in [0.5, 0.6) is 0 Å². The summed E-state index contributed by atoms with van der Waals surface area (Å²) in [5, 5.41) is 0. The zero-order valence-corrected chi connectivity index (χ0v) is 12.1. The second-order valence-electron chi connectivity index (χ2n) is 5.10. The van der Waals surface area contributed by atoms with Crippen LogP contribution in [0.3, 0.4) is 0 Å². The Morgan fingerprint density at radius 1 is 0.556 bits per heavy atom. The predicted molar refractivity (Wildman–Crippen MR) is 79.8 cm³/mol. The molecule has 110 valence electrons. The summed E-state index contributed by atoms with van der Waals surface area (Å²) >= 11 is 0. The third-order valence-corrected chi connectivity index (χ3v) is 3.36. The van der Waals surface area contributed by atoms with E-state index in [1.54, 1.807) is 0 Å². The first-order valence-corrected chi connectivity index (χ1v) is 7.80. The average molecular weight is 258 g/mol. The fourth-order valence-electron chi connectivity index (χ4n) is 2.20. The van der Waals surface area contributed by atoms with E-state index in [-0.39, 0.29) is 0 Å². The molecule has 0 aliphatic carbocycles. The summed E-state index contributed by atoms with van der Waals surface area (Å²) in [4.78, 5) is 0. The lowest BCUT2D eigenvalue weighted by Crippen LogP contribution is -2.38. The van der Waals surface area contributed by atoms with Gasteiger partial charge >= 0.3 is 0 Å². The summed E-state index contributed by atoms with van der Waals surface area (Å²) in [5.41, 5.74) is 10.8. The number of hydrogen-bond acceptors (Lipinski definition) is 4. The molecule has 0 aromatic heterocycles. The van der Waals surface area contributed by atoms with Crippen molar-refractivity contribution in [2.45, 2.75) is 77.0 Å². The molecule has 4 heteroatoms. The van der Waals surface area contributed by atoms with E-state index in [0.29, 0.717) is 0 Å². The largest absolute Gasteiger partial charge is 0.330 e. The minimum atomic E-state index is 0.858. The fraction of sp³-hybridized carbons (Fsp3) is 1.00. The molecule has 0 aliphatic rings. The monoisotopic (exact) mass is 258 g/mol. The summed E-state index contributed by atoms with van der Waals surface area (Å²) < 4.78 is 0. The van der Waals surface area contributed by atoms with Crippen molar-refractivity contribution in [2.75, 3.05) is 13.1 Å². The molecule has 0 saturated carbocycles. The highest BCUT2D eigenvalue weighted by atomic mass is 15.5. The van der Waals surface area contributed by atoms with Gasteiger partial charge in [-0.25, -0.2) is 5.43 Å². The van der Waals surface area contributed by atoms with Gasteiger partial charge in [-0.1, -0.05) is 64.2 Å². The second-order valence-corrected chi connectivity index (χ2v) is 5.10. The minimum Gasteiger partial charge on any atom is -0.330 e. The van der Waals surface area contributed by atoms with Gasteiger partial charge in [0.1, 0.15) is 0 Å². The summed E-state index contributed by atoms with van der Waals surface area (Å²) in [7, 11) is 0. The molecule has 18 heavy (non-hydrogen) atoms. The van der Waals surface area contributed by atoms with Crippen LogP contribution in [0.1, 0.15) is 77.0 Å². The lowest BCUT2D eigenvalue weighted by Gasteiger charge is -2.03. The van der Waals surface area contributed by atoms with Crippen molar-refractivity contribution in [1.82, 2.24) is 11.0 Å². The quantitative estimate of drug-likeness (QED) is 0.207. The van der Waals surface area contributed by atoms with E-state index >= 15 is 0 Å². The zero-order valence-electron chi connectivity index (χ0n) is 12.1. The molecular formula is C14H34N4. The Balaban J connectivity index is 2.86. The molecule has 0 unspecified atom stereocenters. The van der Waals surface area contributed by atoms with Crippen LogP contribution in [0.25, 0.3) is 0 Å². The molecule has 0 spiro atoms. The molecule has 0 rings (SSSR count). The van der Waals surface area contributed by atoms with Crippen molar-refractivity contribution in [3.05, 3.63) is 0 Å². The molecule has 0 aromatic rings.